The third-order valence-corrected chi connectivity index (χ3v) is 9.06. The summed E-state index contributed by atoms with van der Waals surface area (Å²) in [6.45, 7) is 14.2. The van der Waals surface area contributed by atoms with Crippen LogP contribution in [0.5, 0.6) is 0 Å². The number of aliphatic hydroxyl groups is 1. The molecule has 37 heavy (non-hydrogen) atoms. The highest BCUT2D eigenvalue weighted by molar-refractivity contribution is 8.77. The van der Waals surface area contributed by atoms with E-state index in [2.05, 4.69) is 10.2 Å². The number of carbonyl (C=O) groups excluding carboxylic acids is 3. The van der Waals surface area contributed by atoms with E-state index in [0.29, 0.717) is 18.2 Å². The van der Waals surface area contributed by atoms with Crippen LogP contribution in [0.2, 0.25) is 0 Å². The van der Waals surface area contributed by atoms with Crippen LogP contribution in [-0.4, -0.2) is 82.8 Å². The largest absolute Gasteiger partial charge is 0.463 e. The maximum Gasteiger partial charge on any atom is 0.307 e. The van der Waals surface area contributed by atoms with E-state index in [0.717, 1.165) is 19.3 Å². The topological polar surface area (TPSA) is 105 Å². The average molecular weight is 563 g/mol. The molecule has 216 valence electrons. The van der Waals surface area contributed by atoms with Crippen molar-refractivity contribution in [2.24, 2.45) is 5.41 Å². The molecule has 3 unspecified atom stereocenters. The number of hydrogen-bond donors (Lipinski definition) is 2. The fraction of sp³-hybridized carbons (Fsp3) is 0.889. The molecule has 1 fully saturated rings. The Morgan fingerprint density at radius 2 is 1.68 bits per heavy atom. The van der Waals surface area contributed by atoms with Gasteiger partial charge in [0.25, 0.3) is 0 Å². The van der Waals surface area contributed by atoms with Crippen molar-refractivity contribution >= 4 is 39.4 Å². The third-order valence-electron chi connectivity index (χ3n) is 6.05. The molecule has 2 N–H and O–H groups in total. The molecule has 10 heteroatoms. The predicted molar refractivity (Wildman–Crippen MR) is 152 cm³/mol. The first-order valence-electron chi connectivity index (χ1n) is 13.5. The number of hydrogen-bond acceptors (Lipinski definition) is 9. The van der Waals surface area contributed by atoms with Crippen molar-refractivity contribution in [3.05, 3.63) is 0 Å². The van der Waals surface area contributed by atoms with Crippen molar-refractivity contribution in [3.8, 4) is 0 Å². The van der Waals surface area contributed by atoms with Crippen LogP contribution in [0, 0.1) is 5.41 Å². The van der Waals surface area contributed by atoms with Gasteiger partial charge in [0.2, 0.25) is 5.91 Å². The summed E-state index contributed by atoms with van der Waals surface area (Å²) in [5.41, 5.74) is -0.418. The Kier molecular flexibility index (Phi) is 15.5. The Labute approximate surface area is 232 Å². The molecule has 0 radical (unpaired) electrons. The molecular formula is C27H50N2O6S2. The predicted octanol–water partition coefficient (Wildman–Crippen LogP) is 4.58. The molecule has 1 heterocycles. The highest BCUT2D eigenvalue weighted by Gasteiger charge is 2.27. The van der Waals surface area contributed by atoms with E-state index in [1.54, 1.807) is 0 Å². The summed E-state index contributed by atoms with van der Waals surface area (Å²) in [5, 5.41) is 13.1. The van der Waals surface area contributed by atoms with E-state index in [1.807, 2.05) is 70.1 Å². The number of ether oxygens (including phenoxy) is 2. The van der Waals surface area contributed by atoms with Crippen LogP contribution in [-0.2, 0) is 23.9 Å². The minimum atomic E-state index is -0.600. The van der Waals surface area contributed by atoms with Crippen molar-refractivity contribution in [2.45, 2.75) is 116 Å². The monoisotopic (exact) mass is 562 g/mol. The fourth-order valence-corrected chi connectivity index (χ4v) is 7.15. The quantitative estimate of drug-likeness (QED) is 0.159. The van der Waals surface area contributed by atoms with Crippen LogP contribution < -0.4 is 5.32 Å². The fourth-order valence-electron chi connectivity index (χ4n) is 4.12. The van der Waals surface area contributed by atoms with E-state index in [9.17, 15) is 19.5 Å². The molecule has 1 amide bonds. The van der Waals surface area contributed by atoms with Crippen molar-refractivity contribution in [1.29, 1.82) is 0 Å². The molecular weight excluding hydrogens is 512 g/mol. The van der Waals surface area contributed by atoms with Crippen LogP contribution in [0.3, 0.4) is 0 Å². The molecule has 1 rings (SSSR count). The Morgan fingerprint density at radius 1 is 1.03 bits per heavy atom. The Morgan fingerprint density at radius 3 is 2.22 bits per heavy atom. The normalized spacial score (nSPS) is 17.9. The maximum absolute atomic E-state index is 12.6. The molecule has 0 aliphatic carbocycles. The first kappa shape index (κ1) is 34.1. The van der Waals surface area contributed by atoms with Crippen molar-refractivity contribution < 1.29 is 29.0 Å². The molecule has 0 spiro atoms. The molecule has 0 aromatic carbocycles. The number of amides is 1. The molecule has 0 saturated carbocycles. The van der Waals surface area contributed by atoms with Crippen LogP contribution in [0.4, 0.5) is 0 Å². The summed E-state index contributed by atoms with van der Waals surface area (Å²) in [4.78, 5) is 39.3. The number of aliphatic hydroxyl groups excluding tert-OH is 1. The third kappa shape index (κ3) is 15.9. The lowest BCUT2D eigenvalue weighted by molar-refractivity contribution is -0.150. The SMILES string of the molecule is CC(CO)N(CCC(=O)OCC(COC(=O)CC(C)(C)C)NC(=O)CCCCC1CCSS1)C(C)(C)C. The highest BCUT2D eigenvalue weighted by atomic mass is 33.1. The van der Waals surface area contributed by atoms with Crippen LogP contribution in [0.15, 0.2) is 0 Å². The molecule has 3 atom stereocenters. The van der Waals surface area contributed by atoms with Crippen LogP contribution >= 0.6 is 21.6 Å². The summed E-state index contributed by atoms with van der Waals surface area (Å²) in [6.07, 6.45) is 4.97. The van der Waals surface area contributed by atoms with E-state index in [4.69, 9.17) is 9.47 Å². The van der Waals surface area contributed by atoms with E-state index in [-0.39, 0.29) is 61.5 Å². The maximum atomic E-state index is 12.6. The van der Waals surface area contributed by atoms with Gasteiger partial charge >= 0.3 is 11.9 Å². The summed E-state index contributed by atoms with van der Waals surface area (Å²) >= 11 is 0. The van der Waals surface area contributed by atoms with E-state index >= 15 is 0 Å². The average Bonchev–Trinajstić information content (AvgIpc) is 3.30. The second-order valence-corrected chi connectivity index (χ2v) is 14.9. The first-order valence-corrected chi connectivity index (χ1v) is 15.9. The summed E-state index contributed by atoms with van der Waals surface area (Å²) in [7, 11) is 3.87. The lowest BCUT2D eigenvalue weighted by Gasteiger charge is -2.39. The molecule has 0 bridgehead atoms. The number of nitrogens with zero attached hydrogens (tertiary/aromatic N) is 1. The standard InChI is InChI=1S/C27H50N2O6S2/c1-20(17-30)29(27(5,6)7)14-12-24(32)34-18-21(19-35-25(33)16-26(2,3)4)28-23(31)11-9-8-10-22-13-15-36-37-22/h20-22,30H,8-19H2,1-7H3,(H,28,31). The van der Waals surface area contributed by atoms with Crippen molar-refractivity contribution in [1.82, 2.24) is 10.2 Å². The first-order chi connectivity index (χ1) is 17.2. The lowest BCUT2D eigenvalue weighted by atomic mass is 9.92. The van der Waals surface area contributed by atoms with Crippen LogP contribution in [0.1, 0.15) is 93.4 Å². The second kappa shape index (κ2) is 16.9. The van der Waals surface area contributed by atoms with Gasteiger partial charge < -0.3 is 19.9 Å². The number of carbonyl (C=O) groups is 3. The van der Waals surface area contributed by atoms with Crippen LogP contribution in [0.25, 0.3) is 0 Å². The molecule has 1 aliphatic rings. The second-order valence-electron chi connectivity index (χ2n) is 12.1. The van der Waals surface area contributed by atoms with Crippen molar-refractivity contribution in [2.75, 3.05) is 32.1 Å². The highest BCUT2D eigenvalue weighted by Crippen LogP contribution is 2.39. The van der Waals surface area contributed by atoms with Gasteiger partial charge in [-0.25, -0.2) is 0 Å². The van der Waals surface area contributed by atoms with Gasteiger partial charge in [0.15, 0.2) is 0 Å². The van der Waals surface area contributed by atoms with E-state index in [1.165, 1.54) is 12.2 Å². The summed E-state index contributed by atoms with van der Waals surface area (Å²) < 4.78 is 10.9. The minimum absolute atomic E-state index is 0.00118. The van der Waals surface area contributed by atoms with Gasteiger partial charge in [-0.1, -0.05) is 48.8 Å². The van der Waals surface area contributed by atoms with Gasteiger partial charge in [-0.2, -0.15) is 0 Å². The zero-order valence-electron chi connectivity index (χ0n) is 24.0. The number of unbranched alkanes of at least 4 members (excludes halogenated alkanes) is 1. The number of esters is 2. The van der Waals surface area contributed by atoms with Gasteiger partial charge in [0.1, 0.15) is 13.2 Å². The van der Waals surface area contributed by atoms with Crippen molar-refractivity contribution in [3.63, 3.8) is 0 Å². The molecule has 8 nitrogen and oxygen atoms in total. The van der Waals surface area contributed by atoms with Gasteiger partial charge in [-0.05, 0) is 52.4 Å². The smallest absolute Gasteiger partial charge is 0.307 e. The summed E-state index contributed by atoms with van der Waals surface area (Å²) in [5.74, 6) is 0.339. The van der Waals surface area contributed by atoms with E-state index < -0.39 is 12.0 Å². The molecule has 1 aliphatic heterocycles. The number of nitrogens with one attached hydrogen (secondary N) is 1. The lowest BCUT2D eigenvalue weighted by Crippen LogP contribution is -2.49. The Hall–Kier alpha value is -0.970. The molecule has 0 aromatic rings. The minimum Gasteiger partial charge on any atom is -0.463 e. The van der Waals surface area contributed by atoms with Gasteiger partial charge in [0, 0.05) is 35.5 Å². The summed E-state index contributed by atoms with van der Waals surface area (Å²) in [6, 6.07) is -0.690. The Bertz CT molecular complexity index is 702. The zero-order valence-corrected chi connectivity index (χ0v) is 25.6. The van der Waals surface area contributed by atoms with Gasteiger partial charge in [-0.3, -0.25) is 19.3 Å². The zero-order chi connectivity index (χ0) is 28.1. The molecule has 1 saturated heterocycles. The number of rotatable bonds is 16. The van der Waals surface area contributed by atoms with Gasteiger partial charge in [-0.15, -0.1) is 0 Å². The molecule has 0 aromatic heterocycles. The Balaban J connectivity index is 2.57. The van der Waals surface area contributed by atoms with Gasteiger partial charge in [0.05, 0.1) is 25.5 Å².